The molecule has 0 spiro atoms. The Hall–Kier alpha value is -1.58. The number of rotatable bonds is 2. The molecule has 1 aromatic rings. The largest absolute Gasteiger partial charge is 0.478 e. The van der Waals surface area contributed by atoms with Gasteiger partial charge in [0.1, 0.15) is 0 Å². The van der Waals surface area contributed by atoms with Crippen molar-refractivity contribution in [3.05, 3.63) is 23.0 Å². The molecule has 0 amide bonds. The van der Waals surface area contributed by atoms with E-state index in [0.717, 1.165) is 0 Å². The molecule has 0 saturated heterocycles. The quantitative estimate of drug-likeness (QED) is 0.650. The van der Waals surface area contributed by atoms with Gasteiger partial charge in [0.05, 0.1) is 11.3 Å². The van der Waals surface area contributed by atoms with E-state index in [0.29, 0.717) is 11.4 Å². The van der Waals surface area contributed by atoms with E-state index < -0.39 is 5.97 Å². The van der Waals surface area contributed by atoms with E-state index in [2.05, 4.69) is 4.98 Å². The summed E-state index contributed by atoms with van der Waals surface area (Å²) in [5.74, 6) is -1.18. The van der Waals surface area contributed by atoms with Crippen LogP contribution in [0.3, 0.4) is 0 Å². The summed E-state index contributed by atoms with van der Waals surface area (Å²) >= 11 is 0. The number of nitrogens with one attached hydrogen (secondary N) is 1. The fraction of sp³-hybridized carbons (Fsp3) is 0.250. The average molecular weight is 167 g/mol. The number of Topliss-reactive ketones (excluding diaryl/α,β-unsaturated/α-hetero) is 1. The van der Waals surface area contributed by atoms with Crippen LogP contribution < -0.4 is 0 Å². The number of H-pyrrole nitrogens is 1. The van der Waals surface area contributed by atoms with Crippen molar-refractivity contribution in [2.75, 3.05) is 0 Å². The predicted octanol–water partition coefficient (Wildman–Crippen LogP) is 1.22. The van der Waals surface area contributed by atoms with Crippen molar-refractivity contribution in [3.63, 3.8) is 0 Å². The lowest BCUT2D eigenvalue weighted by Crippen LogP contribution is -1.95. The first-order valence-corrected chi connectivity index (χ1v) is 3.46. The highest BCUT2D eigenvalue weighted by Gasteiger charge is 2.12. The Bertz CT molecular complexity index is 338. The van der Waals surface area contributed by atoms with Crippen LogP contribution in [-0.2, 0) is 0 Å². The number of aromatic nitrogens is 1. The molecule has 1 heterocycles. The van der Waals surface area contributed by atoms with Crippen molar-refractivity contribution in [2.24, 2.45) is 0 Å². The van der Waals surface area contributed by atoms with Gasteiger partial charge >= 0.3 is 5.97 Å². The van der Waals surface area contributed by atoms with Gasteiger partial charge in [0.25, 0.3) is 0 Å². The van der Waals surface area contributed by atoms with Gasteiger partial charge in [-0.25, -0.2) is 4.79 Å². The van der Waals surface area contributed by atoms with Crippen molar-refractivity contribution in [1.29, 1.82) is 0 Å². The van der Waals surface area contributed by atoms with Crippen LogP contribution in [0.15, 0.2) is 6.07 Å². The zero-order chi connectivity index (χ0) is 9.30. The van der Waals surface area contributed by atoms with Crippen LogP contribution in [0.2, 0.25) is 0 Å². The molecule has 4 heteroatoms. The molecule has 12 heavy (non-hydrogen) atoms. The van der Waals surface area contributed by atoms with Gasteiger partial charge in [0.2, 0.25) is 0 Å². The van der Waals surface area contributed by atoms with Crippen LogP contribution in [0.1, 0.15) is 33.5 Å². The van der Waals surface area contributed by atoms with Crippen LogP contribution in [0.4, 0.5) is 0 Å². The van der Waals surface area contributed by atoms with Crippen molar-refractivity contribution in [2.45, 2.75) is 13.8 Å². The first kappa shape index (κ1) is 8.52. The smallest absolute Gasteiger partial charge is 0.337 e. The number of hydrogen-bond acceptors (Lipinski definition) is 2. The zero-order valence-electron chi connectivity index (χ0n) is 6.84. The lowest BCUT2D eigenvalue weighted by Gasteiger charge is -1.87. The first-order chi connectivity index (χ1) is 5.52. The lowest BCUT2D eigenvalue weighted by atomic mass is 10.2. The number of aromatic amines is 1. The summed E-state index contributed by atoms with van der Waals surface area (Å²) in [6.07, 6.45) is 0. The van der Waals surface area contributed by atoms with Gasteiger partial charge in [-0.3, -0.25) is 4.79 Å². The minimum Gasteiger partial charge on any atom is -0.478 e. The molecule has 4 nitrogen and oxygen atoms in total. The topological polar surface area (TPSA) is 70.2 Å². The minimum atomic E-state index is -1.02. The Morgan fingerprint density at radius 2 is 2.08 bits per heavy atom. The standard InChI is InChI=1S/C8H9NO3/c1-4-6(8(11)12)3-7(9-4)5(2)10/h3,9H,1-2H3,(H,11,12). The lowest BCUT2D eigenvalue weighted by molar-refractivity contribution is 0.0696. The van der Waals surface area contributed by atoms with Crippen molar-refractivity contribution >= 4 is 11.8 Å². The van der Waals surface area contributed by atoms with E-state index in [1.807, 2.05) is 0 Å². The summed E-state index contributed by atoms with van der Waals surface area (Å²) < 4.78 is 0. The van der Waals surface area contributed by atoms with Gasteiger partial charge in [0.15, 0.2) is 5.78 Å². The third-order valence-corrected chi connectivity index (χ3v) is 1.62. The highest BCUT2D eigenvalue weighted by atomic mass is 16.4. The normalized spacial score (nSPS) is 9.83. The second-order valence-electron chi connectivity index (χ2n) is 2.58. The van der Waals surface area contributed by atoms with E-state index in [-0.39, 0.29) is 11.3 Å². The molecule has 0 aliphatic rings. The Morgan fingerprint density at radius 1 is 1.50 bits per heavy atom. The monoisotopic (exact) mass is 167 g/mol. The number of hydrogen-bond donors (Lipinski definition) is 2. The maximum absolute atomic E-state index is 10.8. The number of carboxylic acids is 1. The predicted molar refractivity (Wildman–Crippen MR) is 42.5 cm³/mol. The molecule has 0 fully saturated rings. The molecule has 0 bridgehead atoms. The number of carbonyl (C=O) groups excluding carboxylic acids is 1. The Kier molecular flexibility index (Phi) is 1.99. The molecular weight excluding hydrogens is 158 g/mol. The fourth-order valence-electron chi connectivity index (χ4n) is 0.970. The zero-order valence-corrected chi connectivity index (χ0v) is 6.84. The van der Waals surface area contributed by atoms with E-state index in [9.17, 15) is 9.59 Å². The summed E-state index contributed by atoms with van der Waals surface area (Å²) in [5.41, 5.74) is 0.998. The van der Waals surface area contributed by atoms with Gasteiger partial charge in [-0.05, 0) is 13.0 Å². The summed E-state index contributed by atoms with van der Waals surface area (Å²) in [6.45, 7) is 3.01. The maximum atomic E-state index is 10.8. The van der Waals surface area contributed by atoms with Gasteiger partial charge in [-0.1, -0.05) is 0 Å². The van der Waals surface area contributed by atoms with E-state index in [4.69, 9.17) is 5.11 Å². The van der Waals surface area contributed by atoms with Crippen LogP contribution in [0.25, 0.3) is 0 Å². The second-order valence-corrected chi connectivity index (χ2v) is 2.58. The molecule has 0 radical (unpaired) electrons. The SMILES string of the molecule is CC(=O)c1cc(C(=O)O)c(C)[nH]1. The van der Waals surface area contributed by atoms with Crippen LogP contribution in [-0.4, -0.2) is 21.8 Å². The number of carboxylic acid groups (broad SMARTS) is 1. The third-order valence-electron chi connectivity index (χ3n) is 1.62. The molecule has 0 unspecified atom stereocenters. The molecule has 0 aliphatic heterocycles. The van der Waals surface area contributed by atoms with Gasteiger partial charge in [-0.2, -0.15) is 0 Å². The van der Waals surface area contributed by atoms with E-state index >= 15 is 0 Å². The molecule has 0 aromatic carbocycles. The molecule has 0 atom stereocenters. The van der Waals surface area contributed by atoms with Crippen LogP contribution >= 0.6 is 0 Å². The number of carbonyl (C=O) groups is 2. The maximum Gasteiger partial charge on any atom is 0.337 e. The highest BCUT2D eigenvalue weighted by molar-refractivity contribution is 5.97. The second kappa shape index (κ2) is 2.81. The van der Waals surface area contributed by atoms with Crippen molar-refractivity contribution in [3.8, 4) is 0 Å². The van der Waals surface area contributed by atoms with Gasteiger partial charge < -0.3 is 10.1 Å². The van der Waals surface area contributed by atoms with E-state index in [1.165, 1.54) is 13.0 Å². The Morgan fingerprint density at radius 3 is 2.33 bits per heavy atom. The molecule has 2 N–H and O–H groups in total. The first-order valence-electron chi connectivity index (χ1n) is 3.46. The molecular formula is C8H9NO3. The summed E-state index contributed by atoms with van der Waals surface area (Å²) in [6, 6.07) is 1.35. The van der Waals surface area contributed by atoms with Crippen molar-refractivity contribution < 1.29 is 14.7 Å². The third kappa shape index (κ3) is 1.37. The number of ketones is 1. The van der Waals surface area contributed by atoms with E-state index in [1.54, 1.807) is 6.92 Å². The number of aromatic carboxylic acids is 1. The Labute approximate surface area is 69.2 Å². The molecule has 0 aliphatic carbocycles. The molecule has 64 valence electrons. The minimum absolute atomic E-state index is 0.153. The summed E-state index contributed by atoms with van der Waals surface area (Å²) in [7, 11) is 0. The van der Waals surface area contributed by atoms with Crippen LogP contribution in [0, 0.1) is 6.92 Å². The number of aryl methyl sites for hydroxylation is 1. The average Bonchev–Trinajstić information content (AvgIpc) is 2.30. The van der Waals surface area contributed by atoms with Crippen LogP contribution in [0.5, 0.6) is 0 Å². The summed E-state index contributed by atoms with van der Waals surface area (Å²) in [4.78, 5) is 24.0. The fourth-order valence-corrected chi connectivity index (χ4v) is 0.970. The molecule has 1 rings (SSSR count). The molecule has 1 aromatic heterocycles. The highest BCUT2D eigenvalue weighted by Crippen LogP contribution is 2.09. The van der Waals surface area contributed by atoms with Crippen molar-refractivity contribution in [1.82, 2.24) is 4.98 Å². The summed E-state index contributed by atoms with van der Waals surface area (Å²) in [5, 5.41) is 8.63. The van der Waals surface area contributed by atoms with Gasteiger partial charge in [0, 0.05) is 12.6 Å². The molecule has 0 saturated carbocycles. The Balaban J connectivity index is 3.17. The van der Waals surface area contributed by atoms with Gasteiger partial charge in [-0.15, -0.1) is 0 Å².